The Labute approximate surface area is 169 Å². The minimum atomic E-state index is -0.683. The van der Waals surface area contributed by atoms with Gasteiger partial charge in [0.2, 0.25) is 5.95 Å². The molecule has 1 aromatic carbocycles. The highest BCUT2D eigenvalue weighted by atomic mass is 32.2. The van der Waals surface area contributed by atoms with Crippen molar-refractivity contribution in [3.8, 4) is 0 Å². The molecular weight excluding hydrogens is 379 g/mol. The van der Waals surface area contributed by atoms with Crippen LogP contribution >= 0.6 is 11.8 Å². The van der Waals surface area contributed by atoms with Crippen molar-refractivity contribution in [2.45, 2.75) is 56.0 Å². The number of hydrogen-bond donors (Lipinski definition) is 1. The fourth-order valence-corrected chi connectivity index (χ4v) is 4.71. The number of anilines is 1. The number of hydrogen-bond acceptors (Lipinski definition) is 6. The van der Waals surface area contributed by atoms with Crippen LogP contribution in [0.4, 0.5) is 10.3 Å². The molecule has 6 nitrogen and oxygen atoms in total. The molecule has 0 saturated carbocycles. The lowest BCUT2D eigenvalue weighted by Gasteiger charge is -2.28. The Kier molecular flexibility index (Phi) is 6.49. The number of aromatic nitrogens is 3. The molecule has 0 radical (unpaired) electrons. The molecule has 152 valence electrons. The van der Waals surface area contributed by atoms with Gasteiger partial charge in [-0.15, -0.1) is 10.2 Å². The monoisotopic (exact) mass is 406 g/mol. The fourth-order valence-electron chi connectivity index (χ4n) is 3.80. The number of benzene rings is 1. The lowest BCUT2D eigenvalue weighted by atomic mass is 10.1. The summed E-state index contributed by atoms with van der Waals surface area (Å²) < 4.78 is 21.1. The van der Waals surface area contributed by atoms with Gasteiger partial charge < -0.3 is 14.7 Å². The first-order chi connectivity index (χ1) is 13.7. The summed E-state index contributed by atoms with van der Waals surface area (Å²) in [5.41, 5.74) is 0.704. The number of aliphatic hydroxyl groups is 1. The molecule has 28 heavy (non-hydrogen) atoms. The quantitative estimate of drug-likeness (QED) is 0.711. The van der Waals surface area contributed by atoms with E-state index in [1.165, 1.54) is 43.2 Å². The molecule has 0 bridgehead atoms. The summed E-state index contributed by atoms with van der Waals surface area (Å²) in [6, 6.07) is 5.99. The van der Waals surface area contributed by atoms with Crippen LogP contribution < -0.4 is 4.90 Å². The first kappa shape index (κ1) is 19.7. The van der Waals surface area contributed by atoms with Gasteiger partial charge in [0, 0.05) is 25.4 Å². The number of halogens is 1. The van der Waals surface area contributed by atoms with Crippen LogP contribution in [0.1, 0.15) is 43.8 Å². The van der Waals surface area contributed by atoms with Crippen LogP contribution in [0.5, 0.6) is 0 Å². The summed E-state index contributed by atoms with van der Waals surface area (Å²) >= 11 is 1.49. The summed E-state index contributed by atoms with van der Waals surface area (Å²) in [6.45, 7) is 3.57. The summed E-state index contributed by atoms with van der Waals surface area (Å²) in [6.07, 6.45) is 5.29. The molecule has 2 saturated heterocycles. The predicted molar refractivity (Wildman–Crippen MR) is 107 cm³/mol. The van der Waals surface area contributed by atoms with Crippen molar-refractivity contribution in [2.24, 2.45) is 0 Å². The Morgan fingerprint density at radius 1 is 1.14 bits per heavy atom. The van der Waals surface area contributed by atoms with E-state index in [2.05, 4.69) is 19.7 Å². The highest BCUT2D eigenvalue weighted by molar-refractivity contribution is 7.99. The number of aliphatic hydroxyl groups excluding tert-OH is 1. The summed E-state index contributed by atoms with van der Waals surface area (Å²) in [7, 11) is 0. The van der Waals surface area contributed by atoms with Gasteiger partial charge in [-0.25, -0.2) is 4.39 Å². The Hall–Kier alpha value is -1.64. The molecule has 2 fully saturated rings. The van der Waals surface area contributed by atoms with Gasteiger partial charge in [0.1, 0.15) is 5.82 Å². The first-order valence-electron chi connectivity index (χ1n) is 10.1. The molecule has 2 atom stereocenters. The minimum Gasteiger partial charge on any atom is -0.388 e. The van der Waals surface area contributed by atoms with Gasteiger partial charge in [-0.05, 0) is 49.8 Å². The van der Waals surface area contributed by atoms with Gasteiger partial charge in [0.25, 0.3) is 0 Å². The molecule has 0 amide bonds. The maximum Gasteiger partial charge on any atom is 0.228 e. The van der Waals surface area contributed by atoms with E-state index in [0.29, 0.717) is 11.3 Å². The minimum absolute atomic E-state index is 0.195. The number of ether oxygens (including phenoxy) is 1. The zero-order chi connectivity index (χ0) is 19.3. The second-order valence-corrected chi connectivity index (χ2v) is 8.44. The maximum atomic E-state index is 13.1. The third-order valence-corrected chi connectivity index (χ3v) is 6.41. The highest BCUT2D eigenvalue weighted by Crippen LogP contribution is 2.29. The molecule has 3 heterocycles. The zero-order valence-electron chi connectivity index (χ0n) is 16.0. The van der Waals surface area contributed by atoms with E-state index in [1.54, 1.807) is 12.1 Å². The SMILES string of the molecule is O[C@H](CSc1nnc(N2CCCCC2)n1C[C@H]1CCCO1)c1ccc(F)cc1. The van der Waals surface area contributed by atoms with Crippen molar-refractivity contribution in [1.82, 2.24) is 14.8 Å². The van der Waals surface area contributed by atoms with Crippen molar-refractivity contribution >= 4 is 17.7 Å². The number of thioether (sulfide) groups is 1. The van der Waals surface area contributed by atoms with Crippen molar-refractivity contribution in [3.63, 3.8) is 0 Å². The molecule has 2 aromatic rings. The molecule has 2 aliphatic heterocycles. The third kappa shape index (κ3) is 4.67. The Balaban J connectivity index is 1.48. The van der Waals surface area contributed by atoms with Gasteiger partial charge >= 0.3 is 0 Å². The molecule has 0 aliphatic carbocycles. The average molecular weight is 407 g/mol. The number of piperidine rings is 1. The van der Waals surface area contributed by atoms with Gasteiger partial charge in [0.05, 0.1) is 18.8 Å². The molecule has 2 aliphatic rings. The van der Waals surface area contributed by atoms with E-state index < -0.39 is 6.10 Å². The second kappa shape index (κ2) is 9.24. The number of nitrogens with zero attached hydrogens (tertiary/aromatic N) is 4. The molecular formula is C20H27FN4O2S. The molecule has 4 rings (SSSR count). The zero-order valence-corrected chi connectivity index (χ0v) is 16.8. The van der Waals surface area contributed by atoms with Crippen LogP contribution in [0, 0.1) is 5.82 Å². The van der Waals surface area contributed by atoms with E-state index in [-0.39, 0.29) is 11.9 Å². The Bertz CT molecular complexity index is 758. The van der Waals surface area contributed by atoms with Crippen LogP contribution in [0.25, 0.3) is 0 Å². The van der Waals surface area contributed by atoms with E-state index in [9.17, 15) is 9.50 Å². The Morgan fingerprint density at radius 3 is 2.64 bits per heavy atom. The normalized spacial score (nSPS) is 21.2. The third-order valence-electron chi connectivity index (χ3n) is 5.37. The standard InChI is InChI=1S/C20H27FN4O2S/c21-16-8-6-15(7-9-16)18(26)14-28-20-23-22-19(24-10-2-1-3-11-24)25(20)13-17-5-4-12-27-17/h6-9,17-18,26H,1-5,10-14H2/t17-,18-/m1/s1. The van der Waals surface area contributed by atoms with Crippen LogP contribution in [-0.2, 0) is 11.3 Å². The molecule has 0 spiro atoms. The van der Waals surface area contributed by atoms with E-state index in [1.807, 2.05) is 0 Å². The van der Waals surface area contributed by atoms with Gasteiger partial charge in [-0.2, -0.15) is 0 Å². The van der Waals surface area contributed by atoms with Crippen LogP contribution in [0.3, 0.4) is 0 Å². The van der Waals surface area contributed by atoms with Gasteiger partial charge in [-0.3, -0.25) is 4.57 Å². The largest absolute Gasteiger partial charge is 0.388 e. The molecule has 1 aromatic heterocycles. The molecule has 1 N–H and O–H groups in total. The summed E-state index contributed by atoms with van der Waals surface area (Å²) in [5, 5.41) is 20.2. The second-order valence-electron chi connectivity index (χ2n) is 7.45. The molecule has 8 heteroatoms. The average Bonchev–Trinajstić information content (AvgIpc) is 3.38. The van der Waals surface area contributed by atoms with Crippen molar-refractivity contribution in [3.05, 3.63) is 35.6 Å². The van der Waals surface area contributed by atoms with E-state index >= 15 is 0 Å². The van der Waals surface area contributed by atoms with Crippen LogP contribution in [-0.4, -0.2) is 51.4 Å². The lowest BCUT2D eigenvalue weighted by Crippen LogP contribution is -2.33. The lowest BCUT2D eigenvalue weighted by molar-refractivity contribution is 0.0951. The van der Waals surface area contributed by atoms with Crippen molar-refractivity contribution in [1.29, 1.82) is 0 Å². The van der Waals surface area contributed by atoms with Crippen molar-refractivity contribution < 1.29 is 14.2 Å². The highest BCUT2D eigenvalue weighted by Gasteiger charge is 2.25. The smallest absolute Gasteiger partial charge is 0.228 e. The summed E-state index contributed by atoms with van der Waals surface area (Å²) in [4.78, 5) is 2.31. The first-order valence-corrected chi connectivity index (χ1v) is 11.1. The predicted octanol–water partition coefficient (Wildman–Crippen LogP) is 3.41. The van der Waals surface area contributed by atoms with Crippen LogP contribution in [0.2, 0.25) is 0 Å². The van der Waals surface area contributed by atoms with Gasteiger partial charge in [-0.1, -0.05) is 23.9 Å². The topological polar surface area (TPSA) is 63.4 Å². The van der Waals surface area contributed by atoms with E-state index in [4.69, 9.17) is 4.74 Å². The molecule has 0 unspecified atom stereocenters. The van der Waals surface area contributed by atoms with Crippen molar-refractivity contribution in [2.75, 3.05) is 30.3 Å². The Morgan fingerprint density at radius 2 is 1.93 bits per heavy atom. The van der Waals surface area contributed by atoms with Crippen LogP contribution in [0.15, 0.2) is 29.4 Å². The maximum absolute atomic E-state index is 13.1. The fraction of sp³-hybridized carbons (Fsp3) is 0.600. The summed E-state index contributed by atoms with van der Waals surface area (Å²) in [5.74, 6) is 1.05. The number of rotatable bonds is 7. The van der Waals surface area contributed by atoms with E-state index in [0.717, 1.165) is 50.2 Å². The van der Waals surface area contributed by atoms with Gasteiger partial charge in [0.15, 0.2) is 5.16 Å².